The Bertz CT molecular complexity index is 584. The van der Waals surface area contributed by atoms with Crippen LogP contribution in [0.1, 0.15) is 38.3 Å². The number of rotatable bonds is 5. The second kappa shape index (κ2) is 7.15. The van der Waals surface area contributed by atoms with Gasteiger partial charge < -0.3 is 10.1 Å². The van der Waals surface area contributed by atoms with Gasteiger partial charge in [-0.1, -0.05) is 6.92 Å². The molecule has 1 aliphatic carbocycles. The minimum absolute atomic E-state index is 0.228. The SMILES string of the molecule is CCc1cc(NC2CCC(Oc3cnccn3)CC2)ncn1. The zero-order valence-electron chi connectivity index (χ0n) is 12.8. The van der Waals surface area contributed by atoms with Crippen molar-refractivity contribution in [1.29, 1.82) is 0 Å². The highest BCUT2D eigenvalue weighted by atomic mass is 16.5. The van der Waals surface area contributed by atoms with Crippen LogP contribution in [0, 0.1) is 0 Å². The van der Waals surface area contributed by atoms with E-state index < -0.39 is 0 Å². The highest BCUT2D eigenvalue weighted by Crippen LogP contribution is 2.24. The first kappa shape index (κ1) is 14.7. The molecule has 6 nitrogen and oxygen atoms in total. The summed E-state index contributed by atoms with van der Waals surface area (Å²) in [4.78, 5) is 16.7. The van der Waals surface area contributed by atoms with E-state index in [2.05, 4.69) is 32.2 Å². The first-order chi connectivity index (χ1) is 10.8. The van der Waals surface area contributed by atoms with E-state index in [1.807, 2.05) is 6.07 Å². The van der Waals surface area contributed by atoms with Gasteiger partial charge in [0.25, 0.3) is 0 Å². The van der Waals surface area contributed by atoms with Crippen molar-refractivity contribution in [3.05, 3.63) is 36.7 Å². The van der Waals surface area contributed by atoms with Crippen molar-refractivity contribution in [1.82, 2.24) is 19.9 Å². The van der Waals surface area contributed by atoms with E-state index in [9.17, 15) is 0 Å². The van der Waals surface area contributed by atoms with Crippen LogP contribution in [-0.2, 0) is 6.42 Å². The van der Waals surface area contributed by atoms with Gasteiger partial charge >= 0.3 is 0 Å². The molecule has 0 amide bonds. The van der Waals surface area contributed by atoms with Crippen LogP contribution in [-0.4, -0.2) is 32.1 Å². The quantitative estimate of drug-likeness (QED) is 0.915. The van der Waals surface area contributed by atoms with E-state index >= 15 is 0 Å². The average molecular weight is 299 g/mol. The summed E-state index contributed by atoms with van der Waals surface area (Å²) >= 11 is 0. The molecule has 22 heavy (non-hydrogen) atoms. The molecule has 0 atom stereocenters. The van der Waals surface area contributed by atoms with Crippen molar-refractivity contribution in [2.24, 2.45) is 0 Å². The maximum Gasteiger partial charge on any atom is 0.232 e. The Hall–Kier alpha value is -2.24. The fourth-order valence-electron chi connectivity index (χ4n) is 2.72. The normalized spacial score (nSPS) is 21.3. The van der Waals surface area contributed by atoms with Gasteiger partial charge in [-0.25, -0.2) is 15.0 Å². The van der Waals surface area contributed by atoms with E-state index in [4.69, 9.17) is 4.74 Å². The Labute approximate surface area is 130 Å². The van der Waals surface area contributed by atoms with Crippen molar-refractivity contribution in [2.75, 3.05) is 5.32 Å². The zero-order chi connectivity index (χ0) is 15.2. The van der Waals surface area contributed by atoms with Gasteiger partial charge in [-0.15, -0.1) is 0 Å². The van der Waals surface area contributed by atoms with Gasteiger partial charge in [0, 0.05) is 30.2 Å². The highest BCUT2D eigenvalue weighted by Gasteiger charge is 2.23. The summed E-state index contributed by atoms with van der Waals surface area (Å²) in [6, 6.07) is 2.48. The van der Waals surface area contributed by atoms with Gasteiger partial charge in [-0.3, -0.25) is 4.98 Å². The molecule has 0 aliphatic heterocycles. The molecular weight excluding hydrogens is 278 g/mol. The number of aromatic nitrogens is 4. The third kappa shape index (κ3) is 3.90. The molecule has 1 saturated carbocycles. The molecule has 0 unspecified atom stereocenters. The first-order valence-corrected chi connectivity index (χ1v) is 7.83. The predicted octanol–water partition coefficient (Wildman–Crippen LogP) is 2.63. The third-order valence-corrected chi connectivity index (χ3v) is 3.94. The van der Waals surface area contributed by atoms with Crippen molar-refractivity contribution in [3.8, 4) is 5.88 Å². The van der Waals surface area contributed by atoms with E-state index in [1.165, 1.54) is 0 Å². The van der Waals surface area contributed by atoms with Gasteiger partial charge in [0.15, 0.2) is 0 Å². The number of hydrogen-bond donors (Lipinski definition) is 1. The molecule has 1 N–H and O–H groups in total. The summed E-state index contributed by atoms with van der Waals surface area (Å²) < 4.78 is 5.86. The summed E-state index contributed by atoms with van der Waals surface area (Å²) in [7, 11) is 0. The van der Waals surface area contributed by atoms with Crippen molar-refractivity contribution in [3.63, 3.8) is 0 Å². The minimum Gasteiger partial charge on any atom is -0.473 e. The third-order valence-electron chi connectivity index (χ3n) is 3.94. The summed E-state index contributed by atoms with van der Waals surface area (Å²) in [5.41, 5.74) is 1.07. The average Bonchev–Trinajstić information content (AvgIpc) is 2.58. The molecule has 0 bridgehead atoms. The Kier molecular flexibility index (Phi) is 4.78. The molecule has 0 radical (unpaired) electrons. The minimum atomic E-state index is 0.228. The Morgan fingerprint density at radius 2 is 2.00 bits per heavy atom. The lowest BCUT2D eigenvalue weighted by molar-refractivity contribution is 0.143. The number of nitrogens with one attached hydrogen (secondary N) is 1. The first-order valence-electron chi connectivity index (χ1n) is 7.83. The smallest absolute Gasteiger partial charge is 0.232 e. The topological polar surface area (TPSA) is 72.8 Å². The summed E-state index contributed by atoms with van der Waals surface area (Å²) in [5, 5.41) is 3.51. The predicted molar refractivity (Wildman–Crippen MR) is 83.7 cm³/mol. The number of anilines is 1. The van der Waals surface area contributed by atoms with Crippen LogP contribution < -0.4 is 10.1 Å². The summed E-state index contributed by atoms with van der Waals surface area (Å²) in [5.74, 6) is 1.53. The molecular formula is C16H21N5O. The van der Waals surface area contributed by atoms with Gasteiger partial charge in [0.05, 0.1) is 6.20 Å². The Morgan fingerprint density at radius 1 is 1.14 bits per heavy atom. The van der Waals surface area contributed by atoms with Gasteiger partial charge in [0.1, 0.15) is 18.2 Å². The second-order valence-corrected chi connectivity index (χ2v) is 5.53. The van der Waals surface area contributed by atoms with Crippen LogP contribution in [0.3, 0.4) is 0 Å². The fourth-order valence-corrected chi connectivity index (χ4v) is 2.72. The summed E-state index contributed by atoms with van der Waals surface area (Å²) in [6.07, 6.45) is 11.9. The van der Waals surface area contributed by atoms with Crippen LogP contribution in [0.2, 0.25) is 0 Å². The molecule has 2 aromatic heterocycles. The molecule has 3 rings (SSSR count). The molecule has 1 fully saturated rings. The molecule has 0 aromatic carbocycles. The monoisotopic (exact) mass is 299 g/mol. The van der Waals surface area contributed by atoms with Crippen molar-refractivity contribution in [2.45, 2.75) is 51.2 Å². The lowest BCUT2D eigenvalue weighted by atomic mass is 9.93. The fraction of sp³-hybridized carbons (Fsp3) is 0.500. The second-order valence-electron chi connectivity index (χ2n) is 5.53. The van der Waals surface area contributed by atoms with Crippen molar-refractivity contribution < 1.29 is 4.74 Å². The van der Waals surface area contributed by atoms with Crippen molar-refractivity contribution >= 4 is 5.82 Å². The van der Waals surface area contributed by atoms with Crippen LogP contribution in [0.15, 0.2) is 31.0 Å². The molecule has 0 saturated heterocycles. The number of hydrogen-bond acceptors (Lipinski definition) is 6. The lowest BCUT2D eigenvalue weighted by Crippen LogP contribution is -2.31. The van der Waals surface area contributed by atoms with E-state index in [0.29, 0.717) is 11.9 Å². The summed E-state index contributed by atoms with van der Waals surface area (Å²) in [6.45, 7) is 2.10. The Balaban J connectivity index is 1.49. The van der Waals surface area contributed by atoms with E-state index in [-0.39, 0.29) is 6.10 Å². The number of ether oxygens (including phenoxy) is 1. The maximum atomic E-state index is 5.86. The van der Waals surface area contributed by atoms with Crippen LogP contribution in [0.5, 0.6) is 5.88 Å². The van der Waals surface area contributed by atoms with E-state index in [0.717, 1.165) is 43.6 Å². The molecule has 2 heterocycles. The zero-order valence-corrected chi connectivity index (χ0v) is 12.8. The highest BCUT2D eigenvalue weighted by molar-refractivity contribution is 5.36. The number of aryl methyl sites for hydroxylation is 1. The van der Waals surface area contributed by atoms with Gasteiger partial charge in [-0.05, 0) is 32.1 Å². The van der Waals surface area contributed by atoms with Crippen LogP contribution in [0.4, 0.5) is 5.82 Å². The van der Waals surface area contributed by atoms with Crippen LogP contribution in [0.25, 0.3) is 0 Å². The van der Waals surface area contributed by atoms with Gasteiger partial charge in [0.2, 0.25) is 5.88 Å². The molecule has 0 spiro atoms. The largest absolute Gasteiger partial charge is 0.473 e. The lowest BCUT2D eigenvalue weighted by Gasteiger charge is -2.29. The number of nitrogens with zero attached hydrogens (tertiary/aromatic N) is 4. The van der Waals surface area contributed by atoms with Crippen LogP contribution >= 0.6 is 0 Å². The van der Waals surface area contributed by atoms with Gasteiger partial charge in [-0.2, -0.15) is 0 Å². The standard InChI is InChI=1S/C16H21N5O/c1-2-12-9-15(20-11-19-12)21-13-3-5-14(6-4-13)22-16-10-17-7-8-18-16/h7-11,13-14H,2-6H2,1H3,(H,19,20,21). The molecule has 2 aromatic rings. The Morgan fingerprint density at radius 3 is 2.73 bits per heavy atom. The molecule has 116 valence electrons. The molecule has 1 aliphatic rings. The maximum absolute atomic E-state index is 5.86. The molecule has 6 heteroatoms. The van der Waals surface area contributed by atoms with E-state index in [1.54, 1.807) is 24.9 Å².